The van der Waals surface area contributed by atoms with Gasteiger partial charge >= 0.3 is 0 Å². The van der Waals surface area contributed by atoms with E-state index >= 15 is 0 Å². The van der Waals surface area contributed by atoms with E-state index in [1.54, 1.807) is 22.7 Å². The van der Waals surface area contributed by atoms with Crippen LogP contribution >= 0.6 is 0 Å². The molecule has 0 aliphatic carbocycles. The van der Waals surface area contributed by atoms with Gasteiger partial charge < -0.3 is 15.5 Å². The highest BCUT2D eigenvalue weighted by molar-refractivity contribution is 6.06. The average Bonchev–Trinajstić information content (AvgIpc) is 3.23. The number of benzene rings is 1. The van der Waals surface area contributed by atoms with Gasteiger partial charge in [-0.2, -0.15) is 5.10 Å². The number of rotatable bonds is 6. The SMILES string of the molecule is CCn1ncc2c(NC3CCN(C(C)=O)CC3)c(C(=O)NCc3cc(F)ccc3F)cnc21. The minimum Gasteiger partial charge on any atom is -0.381 e. The van der Waals surface area contributed by atoms with Crippen LogP contribution in [0.25, 0.3) is 11.0 Å². The van der Waals surface area contributed by atoms with Crippen molar-refractivity contribution in [2.45, 2.75) is 45.8 Å². The fourth-order valence-electron chi connectivity index (χ4n) is 4.08. The first-order chi connectivity index (χ1) is 15.9. The van der Waals surface area contributed by atoms with Crippen molar-refractivity contribution in [2.24, 2.45) is 0 Å². The number of piperidine rings is 1. The van der Waals surface area contributed by atoms with Gasteiger partial charge in [0.2, 0.25) is 5.91 Å². The number of hydrogen-bond donors (Lipinski definition) is 2. The summed E-state index contributed by atoms with van der Waals surface area (Å²) in [5, 5.41) is 11.2. The Balaban J connectivity index is 1.59. The average molecular weight is 456 g/mol. The lowest BCUT2D eigenvalue weighted by Gasteiger charge is -2.32. The van der Waals surface area contributed by atoms with E-state index in [4.69, 9.17) is 0 Å². The van der Waals surface area contributed by atoms with E-state index in [9.17, 15) is 18.4 Å². The lowest BCUT2D eigenvalue weighted by molar-refractivity contribution is -0.129. The monoisotopic (exact) mass is 456 g/mol. The van der Waals surface area contributed by atoms with Gasteiger partial charge in [0.05, 0.1) is 22.8 Å². The number of aromatic nitrogens is 3. The number of nitrogens with zero attached hydrogens (tertiary/aromatic N) is 4. The summed E-state index contributed by atoms with van der Waals surface area (Å²) in [4.78, 5) is 30.9. The van der Waals surface area contributed by atoms with E-state index in [-0.39, 0.29) is 24.1 Å². The van der Waals surface area contributed by atoms with Gasteiger partial charge in [-0.3, -0.25) is 9.59 Å². The summed E-state index contributed by atoms with van der Waals surface area (Å²) in [6.45, 7) is 5.24. The second-order valence-corrected chi connectivity index (χ2v) is 8.09. The van der Waals surface area contributed by atoms with Crippen LogP contribution in [0.5, 0.6) is 0 Å². The number of amides is 2. The van der Waals surface area contributed by atoms with Crippen molar-refractivity contribution in [3.8, 4) is 0 Å². The predicted molar refractivity (Wildman–Crippen MR) is 120 cm³/mol. The summed E-state index contributed by atoms with van der Waals surface area (Å²) in [7, 11) is 0. The molecule has 4 rings (SSSR count). The molecule has 0 unspecified atom stereocenters. The van der Waals surface area contributed by atoms with Crippen molar-refractivity contribution in [3.63, 3.8) is 0 Å². The van der Waals surface area contributed by atoms with Gasteiger partial charge in [0.25, 0.3) is 5.91 Å². The van der Waals surface area contributed by atoms with Crippen molar-refractivity contribution in [2.75, 3.05) is 18.4 Å². The first-order valence-corrected chi connectivity index (χ1v) is 11.0. The standard InChI is InChI=1S/C23H26F2N6O2/c1-3-31-22-18(13-28-31)21(29-17-6-8-30(9-7-17)14(2)32)19(12-26-22)23(33)27-11-15-10-16(24)4-5-20(15)25/h4-5,10,12-13,17H,3,6-9,11H2,1-2H3,(H,26,29)(H,27,33). The largest absolute Gasteiger partial charge is 0.381 e. The Hall–Kier alpha value is -3.56. The summed E-state index contributed by atoms with van der Waals surface area (Å²) in [5.41, 5.74) is 1.60. The molecular formula is C23H26F2N6O2. The van der Waals surface area contributed by atoms with Crippen molar-refractivity contribution >= 4 is 28.5 Å². The zero-order valence-corrected chi connectivity index (χ0v) is 18.6. The van der Waals surface area contributed by atoms with Crippen LogP contribution in [0.4, 0.5) is 14.5 Å². The minimum atomic E-state index is -0.593. The molecule has 0 bridgehead atoms. The molecule has 33 heavy (non-hydrogen) atoms. The van der Waals surface area contributed by atoms with Crippen molar-refractivity contribution in [1.82, 2.24) is 25.0 Å². The normalized spacial score (nSPS) is 14.5. The summed E-state index contributed by atoms with van der Waals surface area (Å²) in [6, 6.07) is 3.18. The molecule has 10 heteroatoms. The molecule has 2 aromatic heterocycles. The van der Waals surface area contributed by atoms with Crippen LogP contribution in [0.1, 0.15) is 42.6 Å². The third kappa shape index (κ3) is 4.79. The molecule has 174 valence electrons. The second kappa shape index (κ2) is 9.51. The van der Waals surface area contributed by atoms with Gasteiger partial charge in [-0.1, -0.05) is 0 Å². The van der Waals surface area contributed by atoms with Gasteiger partial charge in [-0.25, -0.2) is 18.4 Å². The second-order valence-electron chi connectivity index (χ2n) is 8.09. The number of likely N-dealkylation sites (tertiary alicyclic amines) is 1. The fraction of sp³-hybridized carbons (Fsp3) is 0.391. The van der Waals surface area contributed by atoms with Crippen molar-refractivity contribution < 1.29 is 18.4 Å². The lowest BCUT2D eigenvalue weighted by Crippen LogP contribution is -2.41. The highest BCUT2D eigenvalue weighted by Gasteiger charge is 2.24. The van der Waals surface area contributed by atoms with E-state index < -0.39 is 17.5 Å². The number of carbonyl (C=O) groups excluding carboxylic acids is 2. The smallest absolute Gasteiger partial charge is 0.255 e. The number of nitrogens with one attached hydrogen (secondary N) is 2. The maximum Gasteiger partial charge on any atom is 0.255 e. The molecule has 0 radical (unpaired) electrons. The van der Waals surface area contributed by atoms with E-state index in [0.29, 0.717) is 41.9 Å². The molecule has 3 heterocycles. The third-order valence-electron chi connectivity index (χ3n) is 5.95. The van der Waals surface area contributed by atoms with E-state index in [2.05, 4.69) is 20.7 Å². The minimum absolute atomic E-state index is 0.0496. The zero-order valence-electron chi connectivity index (χ0n) is 18.6. The molecule has 2 N–H and O–H groups in total. The van der Waals surface area contributed by atoms with Gasteiger partial charge in [-0.05, 0) is 38.0 Å². The Bertz CT molecular complexity index is 1190. The highest BCUT2D eigenvalue weighted by Crippen LogP contribution is 2.28. The molecular weight excluding hydrogens is 430 g/mol. The van der Waals surface area contributed by atoms with Crippen molar-refractivity contribution in [1.29, 1.82) is 0 Å². The Morgan fingerprint density at radius 2 is 1.94 bits per heavy atom. The van der Waals surface area contributed by atoms with Gasteiger partial charge in [0.15, 0.2) is 5.65 Å². The molecule has 1 aliphatic heterocycles. The molecule has 1 aliphatic rings. The Labute approximate surface area is 190 Å². The van der Waals surface area contributed by atoms with Crippen LogP contribution in [0.15, 0.2) is 30.6 Å². The molecule has 0 atom stereocenters. The van der Waals surface area contributed by atoms with E-state index in [1.807, 2.05) is 6.92 Å². The van der Waals surface area contributed by atoms with Crippen LogP contribution in [-0.4, -0.2) is 50.6 Å². The molecule has 0 saturated carbocycles. The molecule has 8 nitrogen and oxygen atoms in total. The Morgan fingerprint density at radius 1 is 1.18 bits per heavy atom. The highest BCUT2D eigenvalue weighted by atomic mass is 19.1. The Morgan fingerprint density at radius 3 is 2.64 bits per heavy atom. The van der Waals surface area contributed by atoms with Crippen LogP contribution in [0.3, 0.4) is 0 Å². The Kier molecular flexibility index (Phi) is 6.52. The predicted octanol–water partition coefficient (Wildman–Crippen LogP) is 3.08. The van der Waals surface area contributed by atoms with Crippen LogP contribution in [0.2, 0.25) is 0 Å². The summed E-state index contributed by atoms with van der Waals surface area (Å²) < 4.78 is 29.2. The summed E-state index contributed by atoms with van der Waals surface area (Å²) >= 11 is 0. The van der Waals surface area contributed by atoms with Crippen LogP contribution in [-0.2, 0) is 17.9 Å². The third-order valence-corrected chi connectivity index (χ3v) is 5.95. The maximum absolute atomic E-state index is 14.0. The van der Waals surface area contributed by atoms with E-state index in [0.717, 1.165) is 31.0 Å². The fourth-order valence-corrected chi connectivity index (χ4v) is 4.08. The quantitative estimate of drug-likeness (QED) is 0.595. The molecule has 1 saturated heterocycles. The molecule has 1 fully saturated rings. The molecule has 1 aromatic carbocycles. The number of fused-ring (bicyclic) bond motifs is 1. The van der Waals surface area contributed by atoms with Gasteiger partial charge in [0, 0.05) is 50.9 Å². The number of hydrogen-bond acceptors (Lipinski definition) is 5. The summed E-state index contributed by atoms with van der Waals surface area (Å²) in [5.74, 6) is -1.57. The number of anilines is 1. The zero-order chi connectivity index (χ0) is 23.5. The molecule has 3 aromatic rings. The summed E-state index contributed by atoms with van der Waals surface area (Å²) in [6.07, 6.45) is 4.62. The lowest BCUT2D eigenvalue weighted by atomic mass is 10.0. The number of pyridine rings is 1. The number of halogens is 2. The van der Waals surface area contributed by atoms with E-state index in [1.165, 1.54) is 6.20 Å². The number of carbonyl (C=O) groups is 2. The topological polar surface area (TPSA) is 92.2 Å². The molecule has 2 amide bonds. The first kappa shape index (κ1) is 22.6. The maximum atomic E-state index is 14.0. The van der Waals surface area contributed by atoms with Crippen molar-refractivity contribution in [3.05, 3.63) is 53.4 Å². The van der Waals surface area contributed by atoms with Crippen LogP contribution < -0.4 is 10.6 Å². The molecule has 0 spiro atoms. The number of aryl methyl sites for hydroxylation is 1. The first-order valence-electron chi connectivity index (χ1n) is 11.0. The van der Waals surface area contributed by atoms with Crippen LogP contribution in [0, 0.1) is 11.6 Å². The van der Waals surface area contributed by atoms with Gasteiger partial charge in [0.1, 0.15) is 11.6 Å². The van der Waals surface area contributed by atoms with Gasteiger partial charge in [-0.15, -0.1) is 0 Å².